The molecule has 3 fully saturated rings. The summed E-state index contributed by atoms with van der Waals surface area (Å²) in [4.78, 5) is 14.7. The average molecular weight is 905 g/mol. The van der Waals surface area contributed by atoms with E-state index in [1.165, 1.54) is 33.8 Å². The van der Waals surface area contributed by atoms with Crippen LogP contribution in [-0.4, -0.2) is 75.3 Å². The zero-order valence-corrected chi connectivity index (χ0v) is 37.8. The number of sulfonamides is 1. The lowest BCUT2D eigenvalue weighted by atomic mass is 9.83. The highest BCUT2D eigenvalue weighted by atomic mass is 32.2. The van der Waals surface area contributed by atoms with Gasteiger partial charge in [-0.1, -0.05) is 18.1 Å². The van der Waals surface area contributed by atoms with E-state index in [0.717, 1.165) is 23.8 Å². The summed E-state index contributed by atoms with van der Waals surface area (Å²) < 4.78 is 78.0. The van der Waals surface area contributed by atoms with Crippen LogP contribution in [0.1, 0.15) is 92.8 Å². The Morgan fingerprint density at radius 1 is 0.969 bits per heavy atom. The van der Waals surface area contributed by atoms with Crippen molar-refractivity contribution in [3.8, 4) is 17.2 Å². The zero-order valence-electron chi connectivity index (χ0n) is 37.0. The molecule has 18 heteroatoms. The number of amidine groups is 1. The zero-order chi connectivity index (χ0) is 45.6. The van der Waals surface area contributed by atoms with E-state index >= 15 is 17.2 Å². The molecule has 3 aromatic carbocycles. The molecule has 11 rings (SSSR count). The standard InChI is InChI=1S/C47H50F2N10O5S/c1-25-17-32(18-26(2)41(25)48)58-43(56-15-14-55(45(56)60)38-12-11-36-33(42(38)49)24-51-54(36)6)40-34(52-58)21-31-8-10-37(40)59(31)65(62,63)39-20-30-19-28(29-13-16-64-46(4,5)23-29)7-9-35(30)57(39)47(22-27(47)3)44(50)53-61/h7,9,11-12,14-15,17-20,24,27,29,31,37,61H,8,10,13,16,21-23H2,1-6H3,(H2,50,53)/t27-,29-,31+,37-,47-/m0/s1. The first-order valence-corrected chi connectivity index (χ1v) is 23.5. The Morgan fingerprint density at radius 3 is 2.40 bits per heavy atom. The van der Waals surface area contributed by atoms with Crippen molar-refractivity contribution in [1.82, 2.24) is 37.6 Å². The van der Waals surface area contributed by atoms with E-state index in [1.54, 1.807) is 63.4 Å². The van der Waals surface area contributed by atoms with Gasteiger partial charge in [-0.15, -0.1) is 0 Å². The minimum absolute atomic E-state index is 0.0123. The molecule has 1 aliphatic carbocycles. The summed E-state index contributed by atoms with van der Waals surface area (Å²) in [5, 5.41) is 23.9. The van der Waals surface area contributed by atoms with Crippen LogP contribution in [0, 0.1) is 31.4 Å². The number of ether oxygens (including phenoxy) is 1. The van der Waals surface area contributed by atoms with Gasteiger partial charge in [-0.05, 0) is 131 Å². The van der Waals surface area contributed by atoms with Gasteiger partial charge in [0.1, 0.15) is 17.2 Å². The van der Waals surface area contributed by atoms with E-state index in [-0.39, 0.29) is 57.4 Å². The fourth-order valence-electron chi connectivity index (χ4n) is 11.4. The molecule has 0 spiro atoms. The maximum absolute atomic E-state index is 16.2. The Hall–Kier alpha value is -6.11. The number of rotatable bonds is 8. The van der Waals surface area contributed by atoms with E-state index < -0.39 is 39.2 Å². The van der Waals surface area contributed by atoms with Crippen LogP contribution >= 0.6 is 0 Å². The molecule has 7 aromatic rings. The average Bonchev–Trinajstić information content (AvgIpc) is 3.84. The van der Waals surface area contributed by atoms with Gasteiger partial charge in [0.05, 0.1) is 51.3 Å². The van der Waals surface area contributed by atoms with Gasteiger partial charge in [0.15, 0.2) is 16.7 Å². The highest BCUT2D eigenvalue weighted by molar-refractivity contribution is 7.89. The molecule has 1 saturated carbocycles. The van der Waals surface area contributed by atoms with Gasteiger partial charge >= 0.3 is 5.69 Å². The van der Waals surface area contributed by atoms with Crippen LogP contribution < -0.4 is 11.4 Å². The second kappa shape index (κ2) is 14.2. The highest BCUT2D eigenvalue weighted by Gasteiger charge is 2.60. The summed E-state index contributed by atoms with van der Waals surface area (Å²) in [5.41, 5.74) is 9.15. The summed E-state index contributed by atoms with van der Waals surface area (Å²) in [6.45, 7) is 10.0. The first kappa shape index (κ1) is 41.6. The fourth-order valence-corrected chi connectivity index (χ4v) is 13.5. The van der Waals surface area contributed by atoms with Crippen molar-refractivity contribution < 1.29 is 27.1 Å². The molecule has 3 aliphatic heterocycles. The van der Waals surface area contributed by atoms with Gasteiger partial charge in [0.25, 0.3) is 10.0 Å². The fraction of sp³-hybridized carbons (Fsp3) is 0.404. The molecule has 65 heavy (non-hydrogen) atoms. The van der Waals surface area contributed by atoms with Crippen molar-refractivity contribution in [2.75, 3.05) is 6.61 Å². The van der Waals surface area contributed by atoms with Crippen LogP contribution in [0.3, 0.4) is 0 Å². The third-order valence-corrected chi connectivity index (χ3v) is 16.6. The first-order chi connectivity index (χ1) is 30.9. The van der Waals surface area contributed by atoms with E-state index in [1.807, 2.05) is 13.0 Å². The van der Waals surface area contributed by atoms with Crippen molar-refractivity contribution in [3.63, 3.8) is 0 Å². The van der Waals surface area contributed by atoms with Gasteiger partial charge in [-0.25, -0.2) is 26.7 Å². The van der Waals surface area contributed by atoms with Crippen LogP contribution in [0.5, 0.6) is 0 Å². The Kier molecular flexibility index (Phi) is 9.08. The van der Waals surface area contributed by atoms with E-state index in [0.29, 0.717) is 65.0 Å². The van der Waals surface area contributed by atoms with Crippen LogP contribution in [0.25, 0.3) is 39.0 Å². The van der Waals surface area contributed by atoms with Crippen molar-refractivity contribution in [3.05, 3.63) is 117 Å². The number of hydrogen-bond donors (Lipinski definition) is 2. The molecule has 4 aliphatic rings. The van der Waals surface area contributed by atoms with Crippen LogP contribution in [-0.2, 0) is 33.8 Å². The minimum Gasteiger partial charge on any atom is -0.409 e. The number of imidazole rings is 1. The van der Waals surface area contributed by atoms with Crippen LogP contribution in [0.15, 0.2) is 82.1 Å². The van der Waals surface area contributed by atoms with E-state index in [2.05, 4.69) is 36.2 Å². The molecule has 0 amide bonds. The molecule has 338 valence electrons. The maximum Gasteiger partial charge on any atom is 0.338 e. The van der Waals surface area contributed by atoms with E-state index in [9.17, 15) is 10.0 Å². The lowest BCUT2D eigenvalue weighted by Crippen LogP contribution is -2.44. The number of fused-ring (bicyclic) bond motifs is 6. The molecular formula is C47H50F2N10O5S. The quantitative estimate of drug-likeness (QED) is 0.0700. The molecule has 4 aromatic heterocycles. The normalized spacial score (nSPS) is 24.3. The summed E-state index contributed by atoms with van der Waals surface area (Å²) >= 11 is 0. The third-order valence-electron chi connectivity index (χ3n) is 14.7. The molecule has 0 unspecified atom stereocenters. The Morgan fingerprint density at radius 2 is 1.69 bits per heavy atom. The summed E-state index contributed by atoms with van der Waals surface area (Å²) in [6.07, 6.45) is 7.69. The predicted octanol–water partition coefficient (Wildman–Crippen LogP) is 7.15. The lowest BCUT2D eigenvalue weighted by molar-refractivity contribution is -0.0592. The molecular weight excluding hydrogens is 855 g/mol. The molecule has 0 radical (unpaired) electrons. The summed E-state index contributed by atoms with van der Waals surface area (Å²) in [6, 6.07) is 13.0. The number of aromatic nitrogens is 7. The van der Waals surface area contributed by atoms with Gasteiger partial charge in [-0.2, -0.15) is 14.5 Å². The largest absolute Gasteiger partial charge is 0.409 e. The third kappa shape index (κ3) is 5.98. The van der Waals surface area contributed by atoms with Gasteiger partial charge in [0, 0.05) is 49.5 Å². The highest BCUT2D eigenvalue weighted by Crippen LogP contribution is 2.55. The number of nitrogens with zero attached hydrogens (tertiary/aromatic N) is 9. The smallest absolute Gasteiger partial charge is 0.338 e. The monoisotopic (exact) mass is 904 g/mol. The molecule has 15 nitrogen and oxygen atoms in total. The Balaban J connectivity index is 1.09. The number of halogens is 2. The number of nitrogens with two attached hydrogens (primary N) is 1. The Bertz CT molecular complexity index is 3340. The minimum atomic E-state index is -4.40. The van der Waals surface area contributed by atoms with Crippen molar-refractivity contribution in [1.29, 1.82) is 0 Å². The summed E-state index contributed by atoms with van der Waals surface area (Å²) in [5.74, 6) is -0.735. The van der Waals surface area contributed by atoms with Gasteiger partial charge < -0.3 is 20.2 Å². The number of benzene rings is 3. The predicted molar refractivity (Wildman–Crippen MR) is 240 cm³/mol. The molecule has 5 atom stereocenters. The Labute approximate surface area is 373 Å². The van der Waals surface area contributed by atoms with E-state index in [4.69, 9.17) is 15.6 Å². The lowest BCUT2D eigenvalue weighted by Gasteiger charge is -2.35. The van der Waals surface area contributed by atoms with Crippen molar-refractivity contribution in [2.24, 2.45) is 23.9 Å². The molecule has 3 N–H and O–H groups in total. The van der Waals surface area contributed by atoms with Crippen LogP contribution in [0.2, 0.25) is 0 Å². The topological polar surface area (TPSA) is 173 Å². The molecule has 2 bridgehead atoms. The second-order valence-electron chi connectivity index (χ2n) is 19.1. The number of oxime groups is 1. The van der Waals surface area contributed by atoms with Crippen molar-refractivity contribution >= 4 is 37.7 Å². The summed E-state index contributed by atoms with van der Waals surface area (Å²) in [7, 11) is -2.69. The molecule has 2 saturated heterocycles. The SMILES string of the molecule is Cc1cc(-n2nc3c(c2-n2ccn(-c4ccc5c(cnn5C)c4F)c2=O)[C@@H]2CC[C@H](C3)N2S(=O)(=O)c2cc3cc([C@H]4CCOC(C)(C)C4)ccc3n2[C@@]2(C(N)=NO)C[C@@H]2C)cc(C)c1F. The maximum atomic E-state index is 16.2. The van der Waals surface area contributed by atoms with Crippen LogP contribution in [0.4, 0.5) is 8.78 Å². The number of aryl methyl sites for hydroxylation is 3. The number of hydrogen-bond acceptors (Lipinski definition) is 8. The second-order valence-corrected chi connectivity index (χ2v) is 20.9. The first-order valence-electron chi connectivity index (χ1n) is 22.1. The van der Waals surface area contributed by atoms with Gasteiger partial charge in [-0.3, -0.25) is 13.8 Å². The molecule has 7 heterocycles. The van der Waals surface area contributed by atoms with Crippen molar-refractivity contribution in [2.45, 2.75) is 107 Å². The van der Waals surface area contributed by atoms with Gasteiger partial charge in [0.2, 0.25) is 0 Å².